The molecule has 2 rings (SSSR count). The smallest absolute Gasteiger partial charge is 0.387 e. The predicted molar refractivity (Wildman–Crippen MR) is 103 cm³/mol. The van der Waals surface area contributed by atoms with E-state index in [-0.39, 0.29) is 18.2 Å². The molecule has 0 bridgehead atoms. The summed E-state index contributed by atoms with van der Waals surface area (Å²) in [7, 11) is 1.51. The zero-order valence-corrected chi connectivity index (χ0v) is 16.1. The minimum absolute atomic E-state index is 0.0614. The van der Waals surface area contributed by atoms with Gasteiger partial charge in [0.2, 0.25) is 5.91 Å². The van der Waals surface area contributed by atoms with E-state index in [1.54, 1.807) is 30.3 Å². The van der Waals surface area contributed by atoms with Crippen molar-refractivity contribution in [2.24, 2.45) is 0 Å². The van der Waals surface area contributed by atoms with Crippen molar-refractivity contribution >= 4 is 23.6 Å². The van der Waals surface area contributed by atoms with Crippen LogP contribution in [0.1, 0.15) is 18.1 Å². The van der Waals surface area contributed by atoms with Crippen LogP contribution in [0.15, 0.2) is 42.5 Å². The molecule has 2 aromatic rings. The third-order valence-corrected chi connectivity index (χ3v) is 3.86. The molecule has 0 radical (unpaired) electrons. The largest absolute Gasteiger partial charge is 0.493 e. The Morgan fingerprint density at radius 3 is 2.57 bits per heavy atom. The van der Waals surface area contributed by atoms with Crippen molar-refractivity contribution in [3.63, 3.8) is 0 Å². The Morgan fingerprint density at radius 2 is 1.96 bits per heavy atom. The van der Waals surface area contributed by atoms with Gasteiger partial charge >= 0.3 is 6.61 Å². The molecule has 0 atom stereocenters. The highest BCUT2D eigenvalue weighted by Gasteiger charge is 2.11. The van der Waals surface area contributed by atoms with Crippen LogP contribution < -0.4 is 19.5 Å². The van der Waals surface area contributed by atoms with Crippen LogP contribution in [0, 0.1) is 0 Å². The highest BCUT2D eigenvalue weighted by molar-refractivity contribution is 6.32. The van der Waals surface area contributed by atoms with E-state index in [0.717, 1.165) is 5.56 Å². The molecule has 0 saturated heterocycles. The summed E-state index contributed by atoms with van der Waals surface area (Å²) in [5, 5.41) is 3.08. The highest BCUT2D eigenvalue weighted by Crippen LogP contribution is 2.36. The van der Waals surface area contributed by atoms with Gasteiger partial charge in [0.05, 0.1) is 18.7 Å². The number of benzene rings is 2. The molecular formula is C20H20ClF2NO4. The summed E-state index contributed by atoms with van der Waals surface area (Å²) in [6.45, 7) is -0.341. The standard InChI is InChI=1S/C20H20ClF2NO4/c1-3-27-19-16(21)10-14(11-17(19)26-2)6-9-18(25)24-12-13-4-7-15(8-5-13)28-20(22)23/h4-11,20H,3,12H2,1-2H3,(H,24,25). The van der Waals surface area contributed by atoms with Crippen molar-refractivity contribution in [2.45, 2.75) is 20.1 Å². The fourth-order valence-electron chi connectivity index (χ4n) is 2.33. The molecule has 0 unspecified atom stereocenters. The lowest BCUT2D eigenvalue weighted by Gasteiger charge is -2.11. The van der Waals surface area contributed by atoms with Crippen LogP contribution in [0.4, 0.5) is 8.78 Å². The Bertz CT molecular complexity index is 826. The maximum atomic E-state index is 12.1. The molecule has 150 valence electrons. The third kappa shape index (κ3) is 6.42. The van der Waals surface area contributed by atoms with E-state index in [4.69, 9.17) is 21.1 Å². The van der Waals surface area contributed by atoms with Gasteiger partial charge < -0.3 is 19.5 Å². The van der Waals surface area contributed by atoms with Crippen LogP contribution >= 0.6 is 11.6 Å². The number of methoxy groups -OCH3 is 1. The number of halogens is 3. The van der Waals surface area contributed by atoms with Crippen molar-refractivity contribution in [3.8, 4) is 17.2 Å². The lowest BCUT2D eigenvalue weighted by atomic mass is 10.1. The van der Waals surface area contributed by atoms with Crippen LogP contribution in [0.3, 0.4) is 0 Å². The number of rotatable bonds is 9. The first-order chi connectivity index (χ1) is 13.4. The second kappa shape index (κ2) is 10.5. The first kappa shape index (κ1) is 21.5. The summed E-state index contributed by atoms with van der Waals surface area (Å²) in [5.41, 5.74) is 1.42. The number of ether oxygens (including phenoxy) is 3. The second-order valence-electron chi connectivity index (χ2n) is 5.54. The van der Waals surface area contributed by atoms with Gasteiger partial charge in [0.1, 0.15) is 5.75 Å². The lowest BCUT2D eigenvalue weighted by molar-refractivity contribution is -0.116. The van der Waals surface area contributed by atoms with Crippen LogP contribution in [-0.4, -0.2) is 26.2 Å². The van der Waals surface area contributed by atoms with Gasteiger partial charge in [-0.1, -0.05) is 23.7 Å². The maximum Gasteiger partial charge on any atom is 0.387 e. The molecule has 8 heteroatoms. The van der Waals surface area contributed by atoms with E-state index >= 15 is 0 Å². The van der Waals surface area contributed by atoms with Crippen LogP contribution in [0.5, 0.6) is 17.2 Å². The molecular weight excluding hydrogens is 392 g/mol. The average molecular weight is 412 g/mol. The quantitative estimate of drug-likeness (QED) is 0.609. The van der Waals surface area contributed by atoms with Crippen molar-refractivity contribution in [1.29, 1.82) is 0 Å². The van der Waals surface area contributed by atoms with E-state index in [0.29, 0.717) is 28.7 Å². The van der Waals surface area contributed by atoms with Gasteiger partial charge in [0, 0.05) is 12.6 Å². The molecule has 0 saturated carbocycles. The second-order valence-corrected chi connectivity index (χ2v) is 5.95. The van der Waals surface area contributed by atoms with Crippen molar-refractivity contribution in [1.82, 2.24) is 5.32 Å². The molecule has 1 N–H and O–H groups in total. The van der Waals surface area contributed by atoms with Gasteiger partial charge in [-0.25, -0.2) is 0 Å². The Balaban J connectivity index is 1.95. The fourth-order valence-corrected chi connectivity index (χ4v) is 2.60. The number of hydrogen-bond acceptors (Lipinski definition) is 4. The zero-order chi connectivity index (χ0) is 20.5. The number of alkyl halides is 2. The van der Waals surface area contributed by atoms with E-state index in [1.807, 2.05) is 6.92 Å². The van der Waals surface area contributed by atoms with Crippen molar-refractivity contribution < 1.29 is 27.8 Å². The first-order valence-corrected chi connectivity index (χ1v) is 8.80. The molecule has 0 spiro atoms. The molecule has 1 amide bonds. The molecule has 0 aromatic heterocycles. The predicted octanol–water partition coefficient (Wildman–Crippen LogP) is 4.68. The molecule has 0 fully saturated rings. The Kier molecular flexibility index (Phi) is 8.07. The number of carbonyl (C=O) groups is 1. The summed E-state index contributed by atoms with van der Waals surface area (Å²) in [6.07, 6.45) is 2.96. The van der Waals surface area contributed by atoms with Crippen LogP contribution in [0.2, 0.25) is 5.02 Å². The SMILES string of the molecule is CCOc1c(Cl)cc(C=CC(=O)NCc2ccc(OC(F)F)cc2)cc1OC. The topological polar surface area (TPSA) is 56.8 Å². The minimum atomic E-state index is -2.87. The zero-order valence-electron chi connectivity index (χ0n) is 15.4. The summed E-state index contributed by atoms with van der Waals surface area (Å²) in [6, 6.07) is 9.40. The van der Waals surface area contributed by atoms with Crippen LogP contribution in [0.25, 0.3) is 6.08 Å². The van der Waals surface area contributed by atoms with Crippen molar-refractivity contribution in [2.75, 3.05) is 13.7 Å². The van der Waals surface area contributed by atoms with Gasteiger partial charge in [0.25, 0.3) is 0 Å². The Labute approximate surface area is 166 Å². The van der Waals surface area contributed by atoms with E-state index in [9.17, 15) is 13.6 Å². The molecule has 0 heterocycles. The van der Waals surface area contributed by atoms with Gasteiger partial charge in [-0.3, -0.25) is 4.79 Å². The van der Waals surface area contributed by atoms with Gasteiger partial charge in [-0.15, -0.1) is 0 Å². The Hall–Kier alpha value is -2.80. The first-order valence-electron chi connectivity index (χ1n) is 8.43. The van der Waals surface area contributed by atoms with E-state index in [2.05, 4.69) is 10.1 Å². The number of hydrogen-bond donors (Lipinski definition) is 1. The molecule has 0 aliphatic carbocycles. The van der Waals surface area contributed by atoms with E-state index in [1.165, 1.54) is 25.3 Å². The summed E-state index contributed by atoms with van der Waals surface area (Å²) in [5.74, 6) is 0.663. The molecule has 2 aromatic carbocycles. The third-order valence-electron chi connectivity index (χ3n) is 3.58. The molecule has 0 aliphatic heterocycles. The minimum Gasteiger partial charge on any atom is -0.493 e. The maximum absolute atomic E-state index is 12.1. The molecule has 0 aliphatic rings. The average Bonchev–Trinajstić information content (AvgIpc) is 2.67. The van der Waals surface area contributed by atoms with Gasteiger partial charge in [-0.2, -0.15) is 8.78 Å². The van der Waals surface area contributed by atoms with Crippen molar-refractivity contribution in [3.05, 3.63) is 58.6 Å². The monoisotopic (exact) mass is 411 g/mol. The van der Waals surface area contributed by atoms with Gasteiger partial charge in [-0.05, 0) is 48.4 Å². The molecule has 28 heavy (non-hydrogen) atoms. The van der Waals surface area contributed by atoms with Gasteiger partial charge in [0.15, 0.2) is 11.5 Å². The number of amides is 1. The normalized spacial score (nSPS) is 10.9. The highest BCUT2D eigenvalue weighted by atomic mass is 35.5. The van der Waals surface area contributed by atoms with E-state index < -0.39 is 6.61 Å². The Morgan fingerprint density at radius 1 is 1.25 bits per heavy atom. The summed E-state index contributed by atoms with van der Waals surface area (Å²) < 4.78 is 39.2. The number of carbonyl (C=O) groups excluding carboxylic acids is 1. The fraction of sp³-hybridized carbons (Fsp3) is 0.250. The lowest BCUT2D eigenvalue weighted by Crippen LogP contribution is -2.20. The summed E-state index contributed by atoms with van der Waals surface area (Å²) >= 11 is 6.20. The summed E-state index contributed by atoms with van der Waals surface area (Å²) in [4.78, 5) is 12.0. The van der Waals surface area contributed by atoms with Crippen LogP contribution in [-0.2, 0) is 11.3 Å². The molecule has 5 nitrogen and oxygen atoms in total. The number of nitrogens with one attached hydrogen (secondary N) is 1.